The van der Waals surface area contributed by atoms with Crippen LogP contribution in [0.25, 0.3) is 6.08 Å². The topological polar surface area (TPSA) is 79.6 Å². The molecule has 0 radical (unpaired) electrons. The number of hydrogen-bond acceptors (Lipinski definition) is 5. The van der Waals surface area contributed by atoms with E-state index >= 15 is 0 Å². The van der Waals surface area contributed by atoms with Gasteiger partial charge in [0.25, 0.3) is 11.1 Å². The first-order chi connectivity index (χ1) is 11.9. The van der Waals surface area contributed by atoms with Gasteiger partial charge in [-0.15, -0.1) is 0 Å². The van der Waals surface area contributed by atoms with E-state index in [1.54, 1.807) is 31.2 Å². The molecule has 1 aromatic carbocycles. The second kappa shape index (κ2) is 6.98. The van der Waals surface area contributed by atoms with Crippen LogP contribution in [0.4, 0.5) is 10.5 Å². The molecule has 0 unspecified atom stereocenters. The van der Waals surface area contributed by atoms with Gasteiger partial charge in [-0.2, -0.15) is 0 Å². The minimum absolute atomic E-state index is 0.238. The van der Waals surface area contributed by atoms with Gasteiger partial charge in [0.05, 0.1) is 4.91 Å². The number of furan rings is 1. The van der Waals surface area contributed by atoms with Gasteiger partial charge in [-0.25, -0.2) is 0 Å². The Morgan fingerprint density at radius 1 is 1.16 bits per heavy atom. The van der Waals surface area contributed by atoms with Crippen molar-refractivity contribution in [3.05, 3.63) is 58.4 Å². The smallest absolute Gasteiger partial charge is 0.294 e. The number of imide groups is 1. The Kier molecular flexibility index (Phi) is 4.76. The monoisotopic (exact) mass is 356 g/mol. The number of amides is 3. The molecule has 2 aromatic rings. The molecule has 1 N–H and O–H groups in total. The Morgan fingerprint density at radius 3 is 2.52 bits per heavy atom. The van der Waals surface area contributed by atoms with Crippen LogP contribution in [0.1, 0.15) is 17.1 Å². The highest BCUT2D eigenvalue weighted by atomic mass is 32.2. The van der Waals surface area contributed by atoms with Crippen molar-refractivity contribution in [2.24, 2.45) is 0 Å². The van der Waals surface area contributed by atoms with E-state index in [0.29, 0.717) is 17.2 Å². The number of carbonyl (C=O) groups excluding carboxylic acids is 3. The third kappa shape index (κ3) is 4.00. The van der Waals surface area contributed by atoms with Crippen molar-refractivity contribution in [2.75, 3.05) is 11.9 Å². The number of nitrogens with zero attached hydrogens (tertiary/aromatic N) is 1. The van der Waals surface area contributed by atoms with Crippen LogP contribution in [-0.2, 0) is 9.59 Å². The molecular formula is C18H16N2O4S. The molecule has 3 rings (SSSR count). The summed E-state index contributed by atoms with van der Waals surface area (Å²) < 4.78 is 5.38. The molecule has 25 heavy (non-hydrogen) atoms. The molecule has 0 bridgehead atoms. The van der Waals surface area contributed by atoms with Gasteiger partial charge in [-0.1, -0.05) is 17.7 Å². The summed E-state index contributed by atoms with van der Waals surface area (Å²) in [6.45, 7) is 3.41. The molecular weight excluding hydrogens is 340 g/mol. The number of thioether (sulfide) groups is 1. The molecule has 1 aliphatic heterocycles. The molecule has 1 aliphatic rings. The molecule has 0 saturated carbocycles. The summed E-state index contributed by atoms with van der Waals surface area (Å²) in [5.41, 5.74) is 1.69. The fourth-order valence-corrected chi connectivity index (χ4v) is 3.10. The first-order valence-electron chi connectivity index (χ1n) is 7.61. The maximum absolute atomic E-state index is 12.4. The van der Waals surface area contributed by atoms with E-state index in [1.165, 1.54) is 6.08 Å². The number of benzene rings is 1. The summed E-state index contributed by atoms with van der Waals surface area (Å²) in [4.78, 5) is 37.7. The molecule has 6 nitrogen and oxygen atoms in total. The second-order valence-corrected chi connectivity index (χ2v) is 6.62. The molecule has 0 atom stereocenters. The van der Waals surface area contributed by atoms with Gasteiger partial charge in [0.2, 0.25) is 5.91 Å². The van der Waals surface area contributed by atoms with Crippen molar-refractivity contribution in [2.45, 2.75) is 13.8 Å². The average Bonchev–Trinajstić information content (AvgIpc) is 3.08. The normalized spacial score (nSPS) is 15.9. The van der Waals surface area contributed by atoms with Gasteiger partial charge in [0.1, 0.15) is 18.1 Å². The third-order valence-electron chi connectivity index (χ3n) is 3.55. The van der Waals surface area contributed by atoms with E-state index in [0.717, 1.165) is 22.2 Å². The van der Waals surface area contributed by atoms with Crippen LogP contribution in [0, 0.1) is 13.8 Å². The first-order valence-corrected chi connectivity index (χ1v) is 8.42. The number of anilines is 1. The lowest BCUT2D eigenvalue weighted by atomic mass is 10.2. The van der Waals surface area contributed by atoms with Crippen LogP contribution in [0.15, 0.2) is 45.7 Å². The van der Waals surface area contributed by atoms with Crippen LogP contribution in [-0.4, -0.2) is 28.5 Å². The van der Waals surface area contributed by atoms with E-state index in [1.807, 2.05) is 19.1 Å². The minimum atomic E-state index is -0.497. The summed E-state index contributed by atoms with van der Waals surface area (Å²) >= 11 is 0.795. The molecule has 2 heterocycles. The predicted octanol–water partition coefficient (Wildman–Crippen LogP) is 3.57. The molecule has 1 aromatic heterocycles. The quantitative estimate of drug-likeness (QED) is 0.847. The third-order valence-corrected chi connectivity index (χ3v) is 4.45. The lowest BCUT2D eigenvalue weighted by Gasteiger charge is -2.12. The van der Waals surface area contributed by atoms with E-state index in [2.05, 4.69) is 5.32 Å². The molecule has 0 spiro atoms. The molecule has 3 amide bonds. The number of aryl methyl sites for hydroxylation is 2. The first kappa shape index (κ1) is 17.0. The zero-order valence-corrected chi connectivity index (χ0v) is 14.6. The van der Waals surface area contributed by atoms with Gasteiger partial charge in [-0.3, -0.25) is 19.3 Å². The summed E-state index contributed by atoms with van der Waals surface area (Å²) in [5.74, 6) is 0.277. The summed E-state index contributed by atoms with van der Waals surface area (Å²) in [6, 6.07) is 10.7. The lowest BCUT2D eigenvalue weighted by Crippen LogP contribution is -2.36. The zero-order valence-electron chi connectivity index (χ0n) is 13.7. The van der Waals surface area contributed by atoms with Gasteiger partial charge in [0.15, 0.2) is 0 Å². The minimum Gasteiger partial charge on any atom is -0.462 e. The van der Waals surface area contributed by atoms with Gasteiger partial charge >= 0.3 is 0 Å². The Labute approximate surface area is 148 Å². The van der Waals surface area contributed by atoms with Crippen molar-refractivity contribution < 1.29 is 18.8 Å². The molecule has 0 aliphatic carbocycles. The number of carbonyl (C=O) groups is 3. The largest absolute Gasteiger partial charge is 0.462 e. The Hall–Kier alpha value is -2.80. The van der Waals surface area contributed by atoms with Crippen LogP contribution in [0.2, 0.25) is 0 Å². The number of nitrogens with one attached hydrogen (secondary N) is 1. The van der Waals surface area contributed by atoms with Gasteiger partial charge in [-0.05, 0) is 49.9 Å². The molecule has 1 fully saturated rings. The number of hydrogen-bond donors (Lipinski definition) is 1. The summed E-state index contributed by atoms with van der Waals surface area (Å²) in [6.07, 6.45) is 1.51. The summed E-state index contributed by atoms with van der Waals surface area (Å²) in [7, 11) is 0. The highest BCUT2D eigenvalue weighted by Gasteiger charge is 2.36. The maximum Gasteiger partial charge on any atom is 0.294 e. The van der Waals surface area contributed by atoms with E-state index < -0.39 is 17.1 Å². The van der Waals surface area contributed by atoms with E-state index in [9.17, 15) is 14.4 Å². The van der Waals surface area contributed by atoms with Gasteiger partial charge < -0.3 is 9.73 Å². The molecule has 1 saturated heterocycles. The van der Waals surface area contributed by atoms with Gasteiger partial charge in [0, 0.05) is 11.8 Å². The molecule has 128 valence electrons. The summed E-state index contributed by atoms with van der Waals surface area (Å²) in [5, 5.41) is 2.20. The van der Waals surface area contributed by atoms with Crippen LogP contribution in [0.3, 0.4) is 0 Å². The maximum atomic E-state index is 12.4. The Balaban J connectivity index is 1.67. The highest BCUT2D eigenvalue weighted by molar-refractivity contribution is 8.18. The lowest BCUT2D eigenvalue weighted by molar-refractivity contribution is -0.127. The van der Waals surface area contributed by atoms with Crippen LogP contribution in [0.5, 0.6) is 0 Å². The standard InChI is InChI=1S/C18H16N2O4S/c1-11-3-6-13(7-4-11)19-16(21)10-20-17(22)15(25-18(20)23)9-14-8-5-12(2)24-14/h3-9H,10H2,1-2H3,(H,19,21)/b15-9-. The highest BCUT2D eigenvalue weighted by Crippen LogP contribution is 2.32. The second-order valence-electron chi connectivity index (χ2n) is 5.63. The average molecular weight is 356 g/mol. The van der Waals surface area contributed by atoms with Crippen LogP contribution < -0.4 is 5.32 Å². The fraction of sp³-hybridized carbons (Fsp3) is 0.167. The predicted molar refractivity (Wildman–Crippen MR) is 95.9 cm³/mol. The van der Waals surface area contributed by atoms with E-state index in [-0.39, 0.29) is 11.4 Å². The Morgan fingerprint density at radius 2 is 1.88 bits per heavy atom. The van der Waals surface area contributed by atoms with Crippen molar-refractivity contribution in [1.29, 1.82) is 0 Å². The zero-order chi connectivity index (χ0) is 18.0. The SMILES string of the molecule is Cc1ccc(NC(=O)CN2C(=O)S/C(=C\c3ccc(C)o3)C2=O)cc1. The van der Waals surface area contributed by atoms with Crippen molar-refractivity contribution in [3.63, 3.8) is 0 Å². The van der Waals surface area contributed by atoms with E-state index in [4.69, 9.17) is 4.42 Å². The van der Waals surface area contributed by atoms with Crippen molar-refractivity contribution >= 4 is 40.6 Å². The number of rotatable bonds is 4. The molecule has 7 heteroatoms. The fourth-order valence-electron chi connectivity index (χ4n) is 2.28. The van der Waals surface area contributed by atoms with Crippen molar-refractivity contribution in [3.8, 4) is 0 Å². The Bertz CT molecular complexity index is 867. The van der Waals surface area contributed by atoms with Crippen LogP contribution >= 0.6 is 11.8 Å². The van der Waals surface area contributed by atoms with Crippen molar-refractivity contribution in [1.82, 2.24) is 4.90 Å².